The smallest absolute Gasteiger partial charge is 0.273 e. The van der Waals surface area contributed by atoms with Gasteiger partial charge in [0.05, 0.1) is 5.52 Å². The molecule has 3 aromatic rings. The van der Waals surface area contributed by atoms with Gasteiger partial charge in [-0.25, -0.2) is 0 Å². The van der Waals surface area contributed by atoms with Crippen LogP contribution < -0.4 is 11.1 Å². The average molecular weight is 378 g/mol. The molecule has 0 saturated carbocycles. The van der Waals surface area contributed by atoms with E-state index in [-0.39, 0.29) is 0 Å². The Labute approximate surface area is 164 Å². The van der Waals surface area contributed by atoms with E-state index in [4.69, 9.17) is 5.73 Å². The Balaban J connectivity index is 1.89. The highest BCUT2D eigenvalue weighted by molar-refractivity contribution is 6.06. The van der Waals surface area contributed by atoms with Crippen molar-refractivity contribution < 1.29 is 9.59 Å². The number of benzene rings is 2. The van der Waals surface area contributed by atoms with Crippen LogP contribution in [0.2, 0.25) is 0 Å². The van der Waals surface area contributed by atoms with Crippen LogP contribution in [-0.2, 0) is 17.8 Å². The van der Waals surface area contributed by atoms with E-state index in [0.29, 0.717) is 12.2 Å². The summed E-state index contributed by atoms with van der Waals surface area (Å²) in [5.74, 6) is -0.956. The molecule has 0 spiro atoms. The van der Waals surface area contributed by atoms with Gasteiger partial charge in [-0.05, 0) is 23.5 Å². The maximum absolute atomic E-state index is 12.9. The van der Waals surface area contributed by atoms with Crippen molar-refractivity contribution >= 4 is 22.7 Å². The van der Waals surface area contributed by atoms with Crippen LogP contribution in [0.4, 0.5) is 0 Å². The first kappa shape index (κ1) is 19.6. The molecule has 0 aliphatic carbocycles. The van der Waals surface area contributed by atoms with Crippen LogP contribution in [0.25, 0.3) is 10.9 Å². The van der Waals surface area contributed by atoms with Crippen molar-refractivity contribution in [3.8, 4) is 0 Å². The highest BCUT2D eigenvalue weighted by atomic mass is 16.2. The van der Waals surface area contributed by atoms with Gasteiger partial charge in [-0.3, -0.25) is 14.3 Å². The minimum atomic E-state index is -0.784. The van der Waals surface area contributed by atoms with Gasteiger partial charge in [0.15, 0.2) is 5.69 Å². The topological polar surface area (TPSA) is 90.0 Å². The van der Waals surface area contributed by atoms with E-state index in [1.165, 1.54) is 5.56 Å². The number of hydrogen-bond donors (Lipinski definition) is 2. The van der Waals surface area contributed by atoms with E-state index >= 15 is 0 Å². The number of carbonyl (C=O) groups is 2. The Morgan fingerprint density at radius 3 is 2.36 bits per heavy atom. The number of nitrogens with two attached hydrogens (primary N) is 1. The van der Waals surface area contributed by atoms with Gasteiger partial charge in [-0.1, -0.05) is 69.3 Å². The number of fused-ring (bicyclic) bond motifs is 1. The van der Waals surface area contributed by atoms with E-state index < -0.39 is 23.3 Å². The molecule has 28 heavy (non-hydrogen) atoms. The first-order valence-electron chi connectivity index (χ1n) is 9.37. The summed E-state index contributed by atoms with van der Waals surface area (Å²) in [7, 11) is 0. The Morgan fingerprint density at radius 1 is 1.07 bits per heavy atom. The standard InChI is InChI=1S/C22H26N4O2/c1-22(2,3)19(20(23)27)24-21(28)18-16-11-7-8-12-17(16)26(25-18)14-13-15-9-5-4-6-10-15/h4-12,19H,13-14H2,1-3H3,(H2,23,27)(H,24,28). The molecule has 0 fully saturated rings. The Hall–Kier alpha value is -3.15. The Bertz CT molecular complexity index is 987. The van der Waals surface area contributed by atoms with Crippen molar-refractivity contribution in [2.75, 3.05) is 0 Å². The summed E-state index contributed by atoms with van der Waals surface area (Å²) >= 11 is 0. The number of rotatable bonds is 6. The molecule has 1 heterocycles. The monoisotopic (exact) mass is 378 g/mol. The van der Waals surface area contributed by atoms with Gasteiger partial charge < -0.3 is 11.1 Å². The Kier molecular flexibility index (Phi) is 5.49. The van der Waals surface area contributed by atoms with Gasteiger partial charge in [0.1, 0.15) is 6.04 Å². The molecular weight excluding hydrogens is 352 g/mol. The van der Waals surface area contributed by atoms with Crippen LogP contribution in [-0.4, -0.2) is 27.6 Å². The molecule has 6 heteroatoms. The molecule has 2 amide bonds. The maximum Gasteiger partial charge on any atom is 0.273 e. The van der Waals surface area contributed by atoms with E-state index in [9.17, 15) is 9.59 Å². The molecule has 3 N–H and O–H groups in total. The molecule has 6 nitrogen and oxygen atoms in total. The summed E-state index contributed by atoms with van der Waals surface area (Å²) in [5.41, 5.74) is 7.40. The zero-order valence-electron chi connectivity index (χ0n) is 16.5. The second-order valence-corrected chi connectivity index (χ2v) is 8.00. The lowest BCUT2D eigenvalue weighted by atomic mass is 9.86. The lowest BCUT2D eigenvalue weighted by Crippen LogP contribution is -2.52. The second-order valence-electron chi connectivity index (χ2n) is 8.00. The lowest BCUT2D eigenvalue weighted by Gasteiger charge is -2.28. The summed E-state index contributed by atoms with van der Waals surface area (Å²) in [5, 5.41) is 8.07. The maximum atomic E-state index is 12.9. The molecular formula is C22H26N4O2. The minimum absolute atomic E-state index is 0.305. The third-order valence-corrected chi connectivity index (χ3v) is 4.75. The van der Waals surface area contributed by atoms with Crippen LogP contribution in [0.1, 0.15) is 36.8 Å². The van der Waals surface area contributed by atoms with Gasteiger partial charge >= 0.3 is 0 Å². The predicted octanol–water partition coefficient (Wildman–Crippen LogP) is 2.91. The predicted molar refractivity (Wildman–Crippen MR) is 110 cm³/mol. The SMILES string of the molecule is CC(C)(C)C(NC(=O)c1nn(CCc2ccccc2)c2ccccc12)C(N)=O. The zero-order chi connectivity index (χ0) is 20.3. The van der Waals surface area contributed by atoms with E-state index in [0.717, 1.165) is 17.3 Å². The third kappa shape index (κ3) is 4.22. The van der Waals surface area contributed by atoms with E-state index in [1.807, 2.05) is 67.9 Å². The number of aryl methyl sites for hydroxylation is 2. The average Bonchev–Trinajstić information content (AvgIpc) is 3.03. The number of hydrogen-bond acceptors (Lipinski definition) is 3. The molecule has 3 rings (SSSR count). The zero-order valence-corrected chi connectivity index (χ0v) is 16.5. The number of nitrogens with one attached hydrogen (secondary N) is 1. The fraction of sp³-hybridized carbons (Fsp3) is 0.318. The quantitative estimate of drug-likeness (QED) is 0.691. The van der Waals surface area contributed by atoms with Crippen molar-refractivity contribution in [3.05, 3.63) is 65.9 Å². The lowest BCUT2D eigenvalue weighted by molar-refractivity contribution is -0.122. The summed E-state index contributed by atoms with van der Waals surface area (Å²) in [4.78, 5) is 24.7. The number of aromatic nitrogens is 2. The summed E-state index contributed by atoms with van der Waals surface area (Å²) in [6, 6.07) is 17.0. The highest BCUT2D eigenvalue weighted by Gasteiger charge is 2.32. The van der Waals surface area contributed by atoms with Crippen molar-refractivity contribution in [2.45, 2.75) is 39.8 Å². The number of nitrogens with zero attached hydrogens (tertiary/aromatic N) is 2. The summed E-state index contributed by atoms with van der Waals surface area (Å²) in [6.45, 7) is 6.23. The van der Waals surface area contributed by atoms with Crippen LogP contribution in [0, 0.1) is 5.41 Å². The van der Waals surface area contributed by atoms with Crippen LogP contribution in [0.5, 0.6) is 0 Å². The normalized spacial score (nSPS) is 12.7. The first-order chi connectivity index (χ1) is 13.3. The fourth-order valence-corrected chi connectivity index (χ4v) is 3.26. The number of carbonyl (C=O) groups excluding carboxylic acids is 2. The molecule has 0 bridgehead atoms. The fourth-order valence-electron chi connectivity index (χ4n) is 3.26. The molecule has 0 radical (unpaired) electrons. The molecule has 1 aromatic heterocycles. The number of amides is 2. The van der Waals surface area contributed by atoms with E-state index in [2.05, 4.69) is 22.5 Å². The molecule has 0 aliphatic heterocycles. The van der Waals surface area contributed by atoms with Gasteiger partial charge in [0.2, 0.25) is 5.91 Å². The van der Waals surface area contributed by atoms with Crippen molar-refractivity contribution in [1.29, 1.82) is 0 Å². The van der Waals surface area contributed by atoms with E-state index in [1.54, 1.807) is 0 Å². The number of para-hydroxylation sites is 1. The van der Waals surface area contributed by atoms with Crippen molar-refractivity contribution in [2.24, 2.45) is 11.1 Å². The third-order valence-electron chi connectivity index (χ3n) is 4.75. The largest absolute Gasteiger partial charge is 0.368 e. The molecule has 146 valence electrons. The molecule has 1 atom stereocenters. The number of primary amides is 1. The molecule has 2 aromatic carbocycles. The van der Waals surface area contributed by atoms with Crippen LogP contribution in [0.3, 0.4) is 0 Å². The summed E-state index contributed by atoms with van der Waals surface area (Å²) in [6.07, 6.45) is 0.805. The van der Waals surface area contributed by atoms with Gasteiger partial charge in [0.25, 0.3) is 5.91 Å². The molecule has 1 unspecified atom stereocenters. The molecule has 0 saturated heterocycles. The van der Waals surface area contributed by atoms with Crippen molar-refractivity contribution in [3.63, 3.8) is 0 Å². The second kappa shape index (κ2) is 7.84. The van der Waals surface area contributed by atoms with Gasteiger partial charge in [-0.2, -0.15) is 5.10 Å². The Morgan fingerprint density at radius 2 is 1.71 bits per heavy atom. The van der Waals surface area contributed by atoms with Crippen LogP contribution >= 0.6 is 0 Å². The first-order valence-corrected chi connectivity index (χ1v) is 9.37. The minimum Gasteiger partial charge on any atom is -0.368 e. The van der Waals surface area contributed by atoms with Gasteiger partial charge in [-0.15, -0.1) is 0 Å². The summed E-state index contributed by atoms with van der Waals surface area (Å²) < 4.78 is 1.84. The highest BCUT2D eigenvalue weighted by Crippen LogP contribution is 2.22. The van der Waals surface area contributed by atoms with Crippen molar-refractivity contribution in [1.82, 2.24) is 15.1 Å². The van der Waals surface area contributed by atoms with Crippen LogP contribution in [0.15, 0.2) is 54.6 Å². The van der Waals surface area contributed by atoms with Gasteiger partial charge in [0, 0.05) is 11.9 Å². The molecule has 0 aliphatic rings.